The molecular formula is C12H16O4Si. The van der Waals surface area contributed by atoms with Crippen molar-refractivity contribution in [1.82, 2.24) is 0 Å². The minimum absolute atomic E-state index is 0.193. The third-order valence-corrected chi connectivity index (χ3v) is 3.44. The molecule has 17 heavy (non-hydrogen) atoms. The summed E-state index contributed by atoms with van der Waals surface area (Å²) >= 11 is 0. The largest absolute Gasteiger partial charge is 0.485 e. The molecule has 0 unspecified atom stereocenters. The molecule has 0 aliphatic rings. The molecule has 92 valence electrons. The molecule has 0 aromatic heterocycles. The second-order valence-electron chi connectivity index (χ2n) is 4.13. The minimum atomic E-state index is -2.68. The molecule has 0 aliphatic carbocycles. The van der Waals surface area contributed by atoms with Crippen LogP contribution in [0.4, 0.5) is 0 Å². The van der Waals surface area contributed by atoms with Gasteiger partial charge in [-0.3, -0.25) is 9.59 Å². The molecule has 5 heteroatoms. The molecule has 0 spiro atoms. The summed E-state index contributed by atoms with van der Waals surface area (Å²) in [6, 6.07) is 9.30. The molecule has 0 saturated heterocycles. The average Bonchev–Trinajstić information content (AvgIpc) is 2.15. The number of carbonyl (C=O) groups excluding carboxylic acids is 2. The third-order valence-electron chi connectivity index (χ3n) is 1.94. The van der Waals surface area contributed by atoms with Gasteiger partial charge in [0.05, 0.1) is 6.42 Å². The maximum Gasteiger partial charge on any atom is 0.457 e. The fourth-order valence-corrected chi connectivity index (χ4v) is 2.79. The summed E-state index contributed by atoms with van der Waals surface area (Å²) in [5, 5.41) is 0. The molecule has 0 radical (unpaired) electrons. The Hall–Kier alpha value is -1.62. The predicted octanol–water partition coefficient (Wildman–Crippen LogP) is 2.04. The monoisotopic (exact) mass is 252 g/mol. The second-order valence-corrected chi connectivity index (χ2v) is 7.34. The molecule has 0 heterocycles. The molecule has 0 aliphatic heterocycles. The van der Waals surface area contributed by atoms with Gasteiger partial charge in [0, 0.05) is 20.0 Å². The van der Waals surface area contributed by atoms with Crippen molar-refractivity contribution in [2.75, 3.05) is 0 Å². The highest BCUT2D eigenvalue weighted by Gasteiger charge is 2.32. The Labute approximate surface area is 102 Å². The summed E-state index contributed by atoms with van der Waals surface area (Å²) in [5.74, 6) is -0.789. The van der Waals surface area contributed by atoms with Crippen LogP contribution in [0.3, 0.4) is 0 Å². The van der Waals surface area contributed by atoms with Crippen molar-refractivity contribution in [3.63, 3.8) is 0 Å². The van der Waals surface area contributed by atoms with Crippen molar-refractivity contribution in [3.05, 3.63) is 35.9 Å². The van der Waals surface area contributed by atoms with Gasteiger partial charge in [-0.15, -0.1) is 0 Å². The number of benzene rings is 1. The zero-order valence-electron chi connectivity index (χ0n) is 10.2. The van der Waals surface area contributed by atoms with Crippen LogP contribution in [0.1, 0.15) is 12.5 Å². The highest BCUT2D eigenvalue weighted by molar-refractivity contribution is 6.67. The molecule has 0 fully saturated rings. The van der Waals surface area contributed by atoms with Gasteiger partial charge in [0.15, 0.2) is 0 Å². The van der Waals surface area contributed by atoms with Crippen LogP contribution in [0.2, 0.25) is 13.1 Å². The van der Waals surface area contributed by atoms with Gasteiger partial charge in [0.2, 0.25) is 0 Å². The van der Waals surface area contributed by atoms with E-state index in [1.165, 1.54) is 6.92 Å². The third kappa shape index (κ3) is 5.30. The van der Waals surface area contributed by atoms with E-state index in [2.05, 4.69) is 0 Å². The molecule has 1 aromatic rings. The van der Waals surface area contributed by atoms with Crippen molar-refractivity contribution in [3.8, 4) is 0 Å². The van der Waals surface area contributed by atoms with Crippen molar-refractivity contribution >= 4 is 20.5 Å². The molecular weight excluding hydrogens is 236 g/mol. The van der Waals surface area contributed by atoms with Crippen LogP contribution < -0.4 is 0 Å². The topological polar surface area (TPSA) is 52.6 Å². The van der Waals surface area contributed by atoms with Crippen molar-refractivity contribution in [2.45, 2.75) is 26.4 Å². The van der Waals surface area contributed by atoms with Gasteiger partial charge in [-0.05, 0) is 5.56 Å². The van der Waals surface area contributed by atoms with Crippen LogP contribution in [0.5, 0.6) is 0 Å². The summed E-state index contributed by atoms with van der Waals surface area (Å²) in [4.78, 5) is 22.5. The van der Waals surface area contributed by atoms with Crippen LogP contribution in [0.15, 0.2) is 30.3 Å². The van der Waals surface area contributed by atoms with Crippen LogP contribution in [-0.2, 0) is 24.9 Å². The number of hydrogen-bond acceptors (Lipinski definition) is 4. The molecule has 0 atom stereocenters. The molecule has 0 amide bonds. The van der Waals surface area contributed by atoms with Crippen LogP contribution in [0.25, 0.3) is 0 Å². The smallest absolute Gasteiger partial charge is 0.457 e. The average molecular weight is 252 g/mol. The van der Waals surface area contributed by atoms with E-state index in [-0.39, 0.29) is 12.4 Å². The van der Waals surface area contributed by atoms with E-state index in [1.807, 2.05) is 30.3 Å². The molecule has 0 saturated carbocycles. The zero-order chi connectivity index (χ0) is 12.9. The quantitative estimate of drug-likeness (QED) is 0.769. The van der Waals surface area contributed by atoms with Crippen molar-refractivity contribution in [1.29, 1.82) is 0 Å². The normalized spacial score (nSPS) is 10.8. The number of hydrogen-bond donors (Lipinski definition) is 0. The Morgan fingerprint density at radius 1 is 1.12 bits per heavy atom. The Morgan fingerprint density at radius 2 is 1.71 bits per heavy atom. The lowest BCUT2D eigenvalue weighted by molar-refractivity contribution is -0.139. The first-order valence-corrected chi connectivity index (χ1v) is 8.16. The summed E-state index contributed by atoms with van der Waals surface area (Å²) in [6.45, 7) is 4.63. The van der Waals surface area contributed by atoms with Crippen molar-refractivity contribution < 1.29 is 18.4 Å². The summed E-state index contributed by atoms with van der Waals surface area (Å²) < 4.78 is 10.2. The standard InChI is InChI=1S/C12H16O4Si/c1-10(13)15-17(2,3)16-12(14)9-11-7-5-4-6-8-11/h4-8H,9H2,1-3H3. The molecule has 1 rings (SSSR count). The van der Waals surface area contributed by atoms with Gasteiger partial charge in [-0.25, -0.2) is 0 Å². The lowest BCUT2D eigenvalue weighted by Crippen LogP contribution is -2.39. The molecule has 0 N–H and O–H groups in total. The minimum Gasteiger partial charge on any atom is -0.485 e. The van der Waals surface area contributed by atoms with Gasteiger partial charge >= 0.3 is 8.56 Å². The summed E-state index contributed by atoms with van der Waals surface area (Å²) in [5.41, 5.74) is 0.880. The van der Waals surface area contributed by atoms with Gasteiger partial charge in [0.25, 0.3) is 11.9 Å². The molecule has 4 nitrogen and oxygen atoms in total. The van der Waals surface area contributed by atoms with Crippen molar-refractivity contribution in [2.24, 2.45) is 0 Å². The Balaban J connectivity index is 2.52. The van der Waals surface area contributed by atoms with E-state index < -0.39 is 14.5 Å². The van der Waals surface area contributed by atoms with Gasteiger partial charge in [-0.2, -0.15) is 0 Å². The lowest BCUT2D eigenvalue weighted by atomic mass is 10.2. The van der Waals surface area contributed by atoms with E-state index in [0.717, 1.165) is 5.56 Å². The Bertz CT molecular complexity index is 400. The van der Waals surface area contributed by atoms with E-state index in [1.54, 1.807) is 13.1 Å². The van der Waals surface area contributed by atoms with E-state index in [4.69, 9.17) is 8.85 Å². The van der Waals surface area contributed by atoms with E-state index in [9.17, 15) is 9.59 Å². The zero-order valence-corrected chi connectivity index (χ0v) is 11.2. The Morgan fingerprint density at radius 3 is 2.24 bits per heavy atom. The van der Waals surface area contributed by atoms with E-state index >= 15 is 0 Å². The maximum atomic E-state index is 11.6. The number of carbonyl (C=O) groups is 2. The SMILES string of the molecule is CC(=O)O[Si](C)(C)OC(=O)Cc1ccccc1. The lowest BCUT2D eigenvalue weighted by Gasteiger charge is -2.21. The van der Waals surface area contributed by atoms with Gasteiger partial charge < -0.3 is 8.85 Å². The van der Waals surface area contributed by atoms with Crippen LogP contribution in [-0.4, -0.2) is 20.5 Å². The van der Waals surface area contributed by atoms with Gasteiger partial charge in [-0.1, -0.05) is 30.3 Å². The molecule has 0 bridgehead atoms. The second kappa shape index (κ2) is 5.63. The van der Waals surface area contributed by atoms with E-state index in [0.29, 0.717) is 0 Å². The summed E-state index contributed by atoms with van der Waals surface area (Å²) in [7, 11) is -2.68. The predicted molar refractivity (Wildman–Crippen MR) is 65.5 cm³/mol. The fraction of sp³-hybridized carbons (Fsp3) is 0.333. The van der Waals surface area contributed by atoms with Gasteiger partial charge in [0.1, 0.15) is 0 Å². The summed E-state index contributed by atoms with van der Waals surface area (Å²) in [6.07, 6.45) is 0.193. The van der Waals surface area contributed by atoms with Crippen LogP contribution >= 0.6 is 0 Å². The number of rotatable bonds is 4. The first-order valence-electron chi connectivity index (χ1n) is 5.34. The highest BCUT2D eigenvalue weighted by Crippen LogP contribution is 2.09. The first-order chi connectivity index (χ1) is 7.89. The Kier molecular flexibility index (Phi) is 4.45. The van der Waals surface area contributed by atoms with Crippen LogP contribution in [0, 0.1) is 0 Å². The fourth-order valence-electron chi connectivity index (χ4n) is 1.44. The molecule has 1 aromatic carbocycles. The highest BCUT2D eigenvalue weighted by atomic mass is 28.4. The maximum absolute atomic E-state index is 11.6. The first kappa shape index (κ1) is 13.4.